The van der Waals surface area contributed by atoms with Gasteiger partial charge in [-0.25, -0.2) is 0 Å². The predicted octanol–water partition coefficient (Wildman–Crippen LogP) is 3.36. The predicted molar refractivity (Wildman–Crippen MR) is 69.7 cm³/mol. The van der Waals surface area contributed by atoms with Crippen molar-refractivity contribution in [3.63, 3.8) is 0 Å². The first-order chi connectivity index (χ1) is 7.71. The molecule has 0 aromatic carbocycles. The summed E-state index contributed by atoms with van der Waals surface area (Å²) in [6, 6.07) is 0.502. The Morgan fingerprint density at radius 3 is 2.62 bits per heavy atom. The van der Waals surface area contributed by atoms with Crippen LogP contribution >= 0.6 is 0 Å². The van der Waals surface area contributed by atoms with E-state index in [1.54, 1.807) is 0 Å². The molecular weight excluding hydrogens is 198 g/mol. The number of hydrogen-bond donors (Lipinski definition) is 1. The molecule has 4 atom stereocenters. The van der Waals surface area contributed by atoms with Crippen LogP contribution in [-0.2, 0) is 4.74 Å². The van der Waals surface area contributed by atoms with Gasteiger partial charge in [-0.3, -0.25) is 0 Å². The van der Waals surface area contributed by atoms with E-state index in [9.17, 15) is 0 Å². The summed E-state index contributed by atoms with van der Waals surface area (Å²) in [7, 11) is 2.03. The summed E-state index contributed by atoms with van der Waals surface area (Å²) in [5, 5.41) is 3.34. The Kier molecular flexibility index (Phi) is 6.37. The normalized spacial score (nSPS) is 30.0. The summed E-state index contributed by atoms with van der Waals surface area (Å²) in [6.07, 6.45) is 8.62. The Balaban J connectivity index is 2.34. The van der Waals surface area contributed by atoms with E-state index in [-0.39, 0.29) is 0 Å². The van der Waals surface area contributed by atoms with Crippen molar-refractivity contribution in [3.05, 3.63) is 0 Å². The van der Waals surface area contributed by atoms with E-state index in [0.717, 1.165) is 12.3 Å². The van der Waals surface area contributed by atoms with Crippen molar-refractivity contribution < 1.29 is 4.74 Å². The van der Waals surface area contributed by atoms with E-state index < -0.39 is 0 Å². The summed E-state index contributed by atoms with van der Waals surface area (Å²) >= 11 is 0. The van der Waals surface area contributed by atoms with E-state index in [1.807, 2.05) is 7.05 Å². The zero-order valence-electron chi connectivity index (χ0n) is 11.5. The van der Waals surface area contributed by atoms with Crippen LogP contribution in [0.25, 0.3) is 0 Å². The van der Waals surface area contributed by atoms with E-state index in [4.69, 9.17) is 4.74 Å². The highest BCUT2D eigenvalue weighted by atomic mass is 16.5. The average Bonchev–Trinajstić information content (AvgIpc) is 2.31. The quantitative estimate of drug-likeness (QED) is 0.751. The van der Waals surface area contributed by atoms with Crippen molar-refractivity contribution in [2.24, 2.45) is 5.92 Å². The minimum Gasteiger partial charge on any atom is -0.374 e. The fraction of sp³-hybridized carbons (Fsp3) is 1.00. The maximum atomic E-state index is 6.20. The van der Waals surface area contributed by atoms with Crippen LogP contribution < -0.4 is 5.32 Å². The smallest absolute Gasteiger partial charge is 0.0703 e. The molecule has 1 fully saturated rings. The van der Waals surface area contributed by atoms with Crippen molar-refractivity contribution in [3.8, 4) is 0 Å². The van der Waals surface area contributed by atoms with Crippen LogP contribution in [0.2, 0.25) is 0 Å². The van der Waals surface area contributed by atoms with Gasteiger partial charge in [0.1, 0.15) is 0 Å². The van der Waals surface area contributed by atoms with Crippen LogP contribution in [0, 0.1) is 5.92 Å². The SMILES string of the molecule is CCC1CCCC(OC(C)C(CC)NC)C1. The lowest BCUT2D eigenvalue weighted by Gasteiger charge is -2.33. The van der Waals surface area contributed by atoms with Crippen molar-refractivity contribution in [1.82, 2.24) is 5.32 Å². The van der Waals surface area contributed by atoms with Crippen LogP contribution in [0.4, 0.5) is 0 Å². The van der Waals surface area contributed by atoms with Gasteiger partial charge in [-0.15, -0.1) is 0 Å². The summed E-state index contributed by atoms with van der Waals surface area (Å²) in [5.74, 6) is 0.903. The third-order valence-corrected chi connectivity index (χ3v) is 4.10. The van der Waals surface area contributed by atoms with Gasteiger partial charge in [-0.1, -0.05) is 33.1 Å². The molecule has 1 aliphatic carbocycles. The number of ether oxygens (including phenoxy) is 1. The molecule has 2 nitrogen and oxygen atoms in total. The van der Waals surface area contributed by atoms with Crippen LogP contribution in [0.1, 0.15) is 59.3 Å². The van der Waals surface area contributed by atoms with Crippen molar-refractivity contribution in [2.75, 3.05) is 7.05 Å². The lowest BCUT2D eigenvalue weighted by Crippen LogP contribution is -2.40. The number of likely N-dealkylation sites (N-methyl/N-ethyl adjacent to an activating group) is 1. The Morgan fingerprint density at radius 1 is 1.31 bits per heavy atom. The molecule has 1 N–H and O–H groups in total. The Bertz CT molecular complexity index is 180. The molecule has 1 aliphatic rings. The summed E-state index contributed by atoms with van der Waals surface area (Å²) in [4.78, 5) is 0. The van der Waals surface area contributed by atoms with Gasteiger partial charge in [-0.05, 0) is 39.2 Å². The van der Waals surface area contributed by atoms with Crippen LogP contribution in [0.15, 0.2) is 0 Å². The number of nitrogens with one attached hydrogen (secondary N) is 1. The van der Waals surface area contributed by atoms with Gasteiger partial charge in [0, 0.05) is 6.04 Å². The zero-order chi connectivity index (χ0) is 12.0. The average molecular weight is 227 g/mol. The fourth-order valence-corrected chi connectivity index (χ4v) is 2.91. The molecule has 1 rings (SSSR count). The first-order valence-corrected chi connectivity index (χ1v) is 7.03. The fourth-order valence-electron chi connectivity index (χ4n) is 2.91. The largest absolute Gasteiger partial charge is 0.374 e. The Morgan fingerprint density at radius 2 is 2.06 bits per heavy atom. The van der Waals surface area contributed by atoms with Crippen LogP contribution in [0.5, 0.6) is 0 Å². The Labute approximate surface area is 101 Å². The highest BCUT2D eigenvalue weighted by Gasteiger charge is 2.24. The highest BCUT2D eigenvalue weighted by Crippen LogP contribution is 2.29. The molecule has 0 saturated heterocycles. The minimum atomic E-state index is 0.343. The highest BCUT2D eigenvalue weighted by molar-refractivity contribution is 4.77. The molecule has 1 saturated carbocycles. The molecule has 0 aliphatic heterocycles. The van der Waals surface area contributed by atoms with Gasteiger partial charge in [0.25, 0.3) is 0 Å². The standard InChI is InChI=1S/C14H29NO/c1-5-12-8-7-9-13(10-12)16-11(3)14(6-2)15-4/h11-15H,5-10H2,1-4H3. The number of hydrogen-bond acceptors (Lipinski definition) is 2. The molecule has 0 heterocycles. The third kappa shape index (κ3) is 4.06. The van der Waals surface area contributed by atoms with Gasteiger partial charge in [-0.2, -0.15) is 0 Å². The van der Waals surface area contributed by atoms with E-state index in [1.165, 1.54) is 32.1 Å². The molecule has 96 valence electrons. The maximum absolute atomic E-state index is 6.20. The molecule has 2 heteroatoms. The topological polar surface area (TPSA) is 21.3 Å². The molecule has 16 heavy (non-hydrogen) atoms. The molecule has 0 bridgehead atoms. The minimum absolute atomic E-state index is 0.343. The molecule has 0 aromatic rings. The molecule has 4 unspecified atom stereocenters. The van der Waals surface area contributed by atoms with Crippen molar-refractivity contribution in [2.45, 2.75) is 77.5 Å². The van der Waals surface area contributed by atoms with Crippen molar-refractivity contribution >= 4 is 0 Å². The van der Waals surface area contributed by atoms with E-state index >= 15 is 0 Å². The third-order valence-electron chi connectivity index (χ3n) is 4.10. The lowest BCUT2D eigenvalue weighted by atomic mass is 9.85. The molecule has 0 aromatic heterocycles. The van der Waals surface area contributed by atoms with Gasteiger partial charge < -0.3 is 10.1 Å². The first-order valence-electron chi connectivity index (χ1n) is 7.03. The molecule has 0 amide bonds. The van der Waals surface area contributed by atoms with Gasteiger partial charge in [0.05, 0.1) is 12.2 Å². The zero-order valence-corrected chi connectivity index (χ0v) is 11.5. The molecule has 0 radical (unpaired) electrons. The second-order valence-corrected chi connectivity index (χ2v) is 5.21. The van der Waals surface area contributed by atoms with Crippen LogP contribution in [-0.4, -0.2) is 25.3 Å². The Hall–Kier alpha value is -0.0800. The van der Waals surface area contributed by atoms with E-state index in [0.29, 0.717) is 18.2 Å². The lowest BCUT2D eigenvalue weighted by molar-refractivity contribution is -0.0470. The van der Waals surface area contributed by atoms with Gasteiger partial charge in [0.15, 0.2) is 0 Å². The first kappa shape index (κ1) is 14.0. The van der Waals surface area contributed by atoms with E-state index in [2.05, 4.69) is 26.1 Å². The maximum Gasteiger partial charge on any atom is 0.0703 e. The summed E-state index contributed by atoms with van der Waals surface area (Å²) in [6.45, 7) is 6.73. The molecule has 0 spiro atoms. The second kappa shape index (κ2) is 7.29. The summed E-state index contributed by atoms with van der Waals surface area (Å²) < 4.78 is 6.20. The number of rotatable bonds is 6. The van der Waals surface area contributed by atoms with Gasteiger partial charge >= 0.3 is 0 Å². The second-order valence-electron chi connectivity index (χ2n) is 5.21. The van der Waals surface area contributed by atoms with Crippen LogP contribution in [0.3, 0.4) is 0 Å². The molecular formula is C14H29NO. The summed E-state index contributed by atoms with van der Waals surface area (Å²) in [5.41, 5.74) is 0. The monoisotopic (exact) mass is 227 g/mol. The van der Waals surface area contributed by atoms with Gasteiger partial charge in [0.2, 0.25) is 0 Å². The van der Waals surface area contributed by atoms with Crippen molar-refractivity contribution in [1.29, 1.82) is 0 Å².